The highest BCUT2D eigenvalue weighted by Crippen LogP contribution is 2.21. The minimum atomic E-state index is 0.225. The standard InChI is InChI=1S/C21H26N2O3/c1-25-12-13-26-20-5-2-4-18(14-20)16-22-15-17-7-9-19(10-8-17)23-11-3-6-21(23)24/h2,4-5,7-10,14,22H,3,6,11-13,15-16H2,1H3. The molecule has 5 heteroatoms. The van der Waals surface area contributed by atoms with Gasteiger partial charge < -0.3 is 19.7 Å². The van der Waals surface area contributed by atoms with Crippen molar-refractivity contribution >= 4 is 11.6 Å². The van der Waals surface area contributed by atoms with Gasteiger partial charge in [-0.2, -0.15) is 0 Å². The molecule has 0 radical (unpaired) electrons. The summed E-state index contributed by atoms with van der Waals surface area (Å²) in [5, 5.41) is 3.45. The molecule has 0 bridgehead atoms. The van der Waals surface area contributed by atoms with Gasteiger partial charge in [-0.25, -0.2) is 0 Å². The van der Waals surface area contributed by atoms with Gasteiger partial charge in [0.05, 0.1) is 6.61 Å². The average molecular weight is 354 g/mol. The van der Waals surface area contributed by atoms with Crippen molar-refractivity contribution in [2.45, 2.75) is 25.9 Å². The average Bonchev–Trinajstić information content (AvgIpc) is 3.09. The zero-order valence-corrected chi connectivity index (χ0v) is 15.2. The van der Waals surface area contributed by atoms with E-state index < -0.39 is 0 Å². The Hall–Kier alpha value is -2.37. The number of rotatable bonds is 9. The Morgan fingerprint density at radius 3 is 2.58 bits per heavy atom. The van der Waals surface area contributed by atoms with Crippen LogP contribution in [0.1, 0.15) is 24.0 Å². The maximum absolute atomic E-state index is 11.8. The number of ether oxygens (including phenoxy) is 2. The molecule has 2 aromatic carbocycles. The van der Waals surface area contributed by atoms with E-state index in [1.165, 1.54) is 11.1 Å². The third kappa shape index (κ3) is 5.07. The molecule has 0 aromatic heterocycles. The summed E-state index contributed by atoms with van der Waals surface area (Å²) in [7, 11) is 1.67. The first-order valence-electron chi connectivity index (χ1n) is 9.07. The molecule has 0 saturated carbocycles. The van der Waals surface area contributed by atoms with Gasteiger partial charge in [0.15, 0.2) is 0 Å². The second-order valence-electron chi connectivity index (χ2n) is 6.41. The summed E-state index contributed by atoms with van der Waals surface area (Å²) in [6.07, 6.45) is 1.62. The van der Waals surface area contributed by atoms with Gasteiger partial charge in [0.25, 0.3) is 0 Å². The molecular formula is C21H26N2O3. The van der Waals surface area contributed by atoms with Gasteiger partial charge in [-0.05, 0) is 41.8 Å². The maximum atomic E-state index is 11.8. The monoisotopic (exact) mass is 354 g/mol. The molecule has 1 N–H and O–H groups in total. The normalized spacial score (nSPS) is 14.0. The number of carbonyl (C=O) groups excluding carboxylic acids is 1. The smallest absolute Gasteiger partial charge is 0.227 e. The first-order valence-corrected chi connectivity index (χ1v) is 9.07. The lowest BCUT2D eigenvalue weighted by molar-refractivity contribution is -0.117. The zero-order valence-electron chi connectivity index (χ0n) is 15.2. The topological polar surface area (TPSA) is 50.8 Å². The molecule has 3 rings (SSSR count). The second kappa shape index (κ2) is 9.36. The molecule has 1 saturated heterocycles. The van der Waals surface area contributed by atoms with Gasteiger partial charge in [-0.3, -0.25) is 4.79 Å². The highest BCUT2D eigenvalue weighted by Gasteiger charge is 2.21. The molecule has 5 nitrogen and oxygen atoms in total. The third-order valence-electron chi connectivity index (χ3n) is 4.43. The molecule has 1 fully saturated rings. The molecule has 1 aliphatic rings. The fourth-order valence-electron chi connectivity index (χ4n) is 3.05. The van der Waals surface area contributed by atoms with E-state index in [0.717, 1.165) is 37.5 Å². The number of carbonyl (C=O) groups is 1. The number of hydrogen-bond acceptors (Lipinski definition) is 4. The molecule has 1 amide bonds. The third-order valence-corrected chi connectivity index (χ3v) is 4.43. The first kappa shape index (κ1) is 18.4. The van der Waals surface area contributed by atoms with Crippen molar-refractivity contribution in [3.05, 3.63) is 59.7 Å². The Morgan fingerprint density at radius 1 is 1.04 bits per heavy atom. The highest BCUT2D eigenvalue weighted by atomic mass is 16.5. The highest BCUT2D eigenvalue weighted by molar-refractivity contribution is 5.95. The van der Waals surface area contributed by atoms with Crippen molar-refractivity contribution in [3.63, 3.8) is 0 Å². The number of nitrogens with one attached hydrogen (secondary N) is 1. The summed E-state index contributed by atoms with van der Waals surface area (Å²) in [5.41, 5.74) is 3.38. The summed E-state index contributed by atoms with van der Waals surface area (Å²) < 4.78 is 10.6. The lowest BCUT2D eigenvalue weighted by Gasteiger charge is -2.16. The summed E-state index contributed by atoms with van der Waals surface area (Å²) in [5.74, 6) is 1.09. The van der Waals surface area contributed by atoms with Crippen LogP contribution in [0.25, 0.3) is 0 Å². The summed E-state index contributed by atoms with van der Waals surface area (Å²) in [4.78, 5) is 13.7. The van der Waals surface area contributed by atoms with Gasteiger partial charge >= 0.3 is 0 Å². The van der Waals surface area contributed by atoms with Gasteiger partial charge in [-0.1, -0.05) is 24.3 Å². The fraction of sp³-hybridized carbons (Fsp3) is 0.381. The van der Waals surface area contributed by atoms with Crippen LogP contribution >= 0.6 is 0 Å². The van der Waals surface area contributed by atoms with Crippen molar-refractivity contribution < 1.29 is 14.3 Å². The second-order valence-corrected chi connectivity index (χ2v) is 6.41. The predicted molar refractivity (Wildman–Crippen MR) is 102 cm³/mol. The van der Waals surface area contributed by atoms with Crippen molar-refractivity contribution in [1.29, 1.82) is 0 Å². The van der Waals surface area contributed by atoms with Crippen LogP contribution < -0.4 is 15.0 Å². The van der Waals surface area contributed by atoms with E-state index in [2.05, 4.69) is 23.5 Å². The van der Waals surface area contributed by atoms with Crippen molar-refractivity contribution in [2.24, 2.45) is 0 Å². The van der Waals surface area contributed by atoms with Crippen LogP contribution in [0.3, 0.4) is 0 Å². The number of benzene rings is 2. The molecule has 26 heavy (non-hydrogen) atoms. The fourth-order valence-corrected chi connectivity index (χ4v) is 3.05. The largest absolute Gasteiger partial charge is 0.491 e. The minimum absolute atomic E-state index is 0.225. The van der Waals surface area contributed by atoms with Crippen LogP contribution in [-0.2, 0) is 22.6 Å². The number of hydrogen-bond donors (Lipinski definition) is 1. The molecule has 0 aliphatic carbocycles. The molecular weight excluding hydrogens is 328 g/mol. The van der Waals surface area contributed by atoms with Crippen LogP contribution in [0.5, 0.6) is 5.75 Å². The van der Waals surface area contributed by atoms with E-state index in [-0.39, 0.29) is 5.91 Å². The summed E-state index contributed by atoms with van der Waals surface area (Å²) in [6, 6.07) is 16.3. The minimum Gasteiger partial charge on any atom is -0.491 e. The zero-order chi connectivity index (χ0) is 18.2. The molecule has 0 unspecified atom stereocenters. The number of amides is 1. The van der Waals surface area contributed by atoms with E-state index in [0.29, 0.717) is 19.6 Å². The Balaban J connectivity index is 1.47. The van der Waals surface area contributed by atoms with E-state index in [9.17, 15) is 4.79 Å². The Morgan fingerprint density at radius 2 is 1.85 bits per heavy atom. The molecule has 1 aliphatic heterocycles. The number of nitrogens with zero attached hydrogens (tertiary/aromatic N) is 1. The van der Waals surface area contributed by atoms with Crippen LogP contribution in [0.4, 0.5) is 5.69 Å². The molecule has 0 spiro atoms. The van der Waals surface area contributed by atoms with Crippen molar-refractivity contribution in [3.8, 4) is 5.75 Å². The SMILES string of the molecule is COCCOc1cccc(CNCc2ccc(N3CCCC3=O)cc2)c1. The Kier molecular flexibility index (Phi) is 6.63. The number of anilines is 1. The van der Waals surface area contributed by atoms with E-state index >= 15 is 0 Å². The lowest BCUT2D eigenvalue weighted by atomic mass is 10.1. The van der Waals surface area contributed by atoms with Gasteiger partial charge in [0.2, 0.25) is 5.91 Å². The predicted octanol–water partition coefficient (Wildman–Crippen LogP) is 3.13. The van der Waals surface area contributed by atoms with Crippen molar-refractivity contribution in [2.75, 3.05) is 31.8 Å². The Bertz CT molecular complexity index is 715. The molecule has 138 valence electrons. The maximum Gasteiger partial charge on any atom is 0.227 e. The van der Waals surface area contributed by atoms with Gasteiger partial charge in [0, 0.05) is 38.9 Å². The summed E-state index contributed by atoms with van der Waals surface area (Å²) >= 11 is 0. The van der Waals surface area contributed by atoms with Gasteiger partial charge in [0.1, 0.15) is 12.4 Å². The Labute approximate surface area is 154 Å². The molecule has 1 heterocycles. The van der Waals surface area contributed by atoms with Crippen molar-refractivity contribution in [1.82, 2.24) is 5.32 Å². The first-order chi connectivity index (χ1) is 12.8. The summed E-state index contributed by atoms with van der Waals surface area (Å²) in [6.45, 7) is 3.52. The van der Waals surface area contributed by atoms with E-state index in [1.807, 2.05) is 35.2 Å². The molecule has 2 aromatic rings. The molecule has 0 atom stereocenters. The van der Waals surface area contributed by atoms with E-state index in [1.54, 1.807) is 7.11 Å². The van der Waals surface area contributed by atoms with Crippen LogP contribution in [0.15, 0.2) is 48.5 Å². The van der Waals surface area contributed by atoms with Crippen LogP contribution in [0, 0.1) is 0 Å². The van der Waals surface area contributed by atoms with Crippen LogP contribution in [0.2, 0.25) is 0 Å². The number of methoxy groups -OCH3 is 1. The quantitative estimate of drug-likeness (QED) is 0.703. The van der Waals surface area contributed by atoms with Gasteiger partial charge in [-0.15, -0.1) is 0 Å². The van der Waals surface area contributed by atoms with E-state index in [4.69, 9.17) is 9.47 Å². The lowest BCUT2D eigenvalue weighted by Crippen LogP contribution is -2.23. The van der Waals surface area contributed by atoms with Crippen LogP contribution in [-0.4, -0.2) is 32.8 Å².